The van der Waals surface area contributed by atoms with Gasteiger partial charge in [0.2, 0.25) is 0 Å². The van der Waals surface area contributed by atoms with E-state index >= 15 is 0 Å². The molecule has 0 bridgehead atoms. The molecular weight excluding hydrogens is 375 g/mol. The summed E-state index contributed by atoms with van der Waals surface area (Å²) in [5, 5.41) is 6.45. The molecule has 0 saturated carbocycles. The third-order valence-corrected chi connectivity index (χ3v) is 5.88. The number of H-pyrrole nitrogens is 1. The molecule has 2 nitrogen and oxygen atoms in total. The lowest BCUT2D eigenvalue weighted by Gasteiger charge is -2.33. The average Bonchev–Trinajstić information content (AvgIpc) is 3.12. The molecule has 3 aromatic carbocycles. The number of aromatic amines is 1. The van der Waals surface area contributed by atoms with Crippen LogP contribution in [-0.4, -0.2) is 4.98 Å². The number of rotatable bonds is 2. The molecule has 1 aliphatic heterocycles. The van der Waals surface area contributed by atoms with E-state index in [1.807, 2.05) is 18.2 Å². The number of para-hydroxylation sites is 1. The minimum absolute atomic E-state index is 0.201. The van der Waals surface area contributed by atoms with Gasteiger partial charge in [0.15, 0.2) is 0 Å². The van der Waals surface area contributed by atoms with Gasteiger partial charge in [-0.3, -0.25) is 0 Å². The molecule has 0 amide bonds. The lowest BCUT2D eigenvalue weighted by Crippen LogP contribution is -2.22. The van der Waals surface area contributed by atoms with Crippen LogP contribution in [0.2, 0.25) is 10.0 Å². The first-order valence-corrected chi connectivity index (χ1v) is 9.82. The zero-order chi connectivity index (χ0) is 18.4. The van der Waals surface area contributed by atoms with Crippen molar-refractivity contribution in [3.8, 4) is 0 Å². The summed E-state index contributed by atoms with van der Waals surface area (Å²) in [5.74, 6) is 0.258. The van der Waals surface area contributed by atoms with Crippen LogP contribution in [0.25, 0.3) is 10.9 Å². The van der Waals surface area contributed by atoms with Gasteiger partial charge in [-0.15, -0.1) is 0 Å². The molecule has 5 rings (SSSR count). The first kappa shape index (κ1) is 16.7. The van der Waals surface area contributed by atoms with Crippen LogP contribution in [-0.2, 0) is 0 Å². The number of hydrogen-bond donors (Lipinski definition) is 2. The monoisotopic (exact) mass is 392 g/mol. The van der Waals surface area contributed by atoms with Crippen molar-refractivity contribution in [2.45, 2.75) is 18.4 Å². The molecule has 2 N–H and O–H groups in total. The van der Waals surface area contributed by atoms with Gasteiger partial charge in [-0.25, -0.2) is 0 Å². The maximum atomic E-state index is 6.31. The number of fused-ring (bicyclic) bond motifs is 2. The number of hydrogen-bond acceptors (Lipinski definition) is 1. The number of anilines is 1. The molecule has 1 aliphatic rings. The van der Waals surface area contributed by atoms with Gasteiger partial charge in [-0.2, -0.15) is 0 Å². The van der Waals surface area contributed by atoms with Gasteiger partial charge in [0, 0.05) is 32.9 Å². The predicted octanol–water partition coefficient (Wildman–Crippen LogP) is 7.16. The second kappa shape index (κ2) is 6.63. The molecule has 0 radical (unpaired) electrons. The van der Waals surface area contributed by atoms with E-state index in [0.717, 1.165) is 22.2 Å². The topological polar surface area (TPSA) is 27.8 Å². The van der Waals surface area contributed by atoms with Crippen molar-refractivity contribution in [3.63, 3.8) is 0 Å². The van der Waals surface area contributed by atoms with Gasteiger partial charge in [-0.1, -0.05) is 53.5 Å². The summed E-state index contributed by atoms with van der Waals surface area (Å²) in [6.07, 6.45) is 0.946. The van der Waals surface area contributed by atoms with Crippen molar-refractivity contribution in [1.29, 1.82) is 0 Å². The number of benzene rings is 3. The van der Waals surface area contributed by atoms with Crippen LogP contribution >= 0.6 is 23.2 Å². The van der Waals surface area contributed by atoms with Crippen LogP contribution in [0.5, 0.6) is 0 Å². The van der Waals surface area contributed by atoms with Gasteiger partial charge in [0.05, 0.1) is 6.04 Å². The van der Waals surface area contributed by atoms with Gasteiger partial charge in [-0.05, 0) is 65.4 Å². The lowest BCUT2D eigenvalue weighted by atomic mass is 9.81. The van der Waals surface area contributed by atoms with Gasteiger partial charge in [0.1, 0.15) is 0 Å². The summed E-state index contributed by atoms with van der Waals surface area (Å²) in [6.45, 7) is 0. The Morgan fingerprint density at radius 2 is 1.59 bits per heavy atom. The van der Waals surface area contributed by atoms with Gasteiger partial charge < -0.3 is 10.3 Å². The summed E-state index contributed by atoms with van der Waals surface area (Å²) in [4.78, 5) is 3.58. The van der Waals surface area contributed by atoms with E-state index in [1.165, 1.54) is 27.7 Å². The summed E-state index contributed by atoms with van der Waals surface area (Å²) in [5.41, 5.74) is 5.99. The average molecular weight is 393 g/mol. The Bertz CT molecular complexity index is 1080. The zero-order valence-electron chi connectivity index (χ0n) is 14.5. The quantitative estimate of drug-likeness (QED) is 0.371. The summed E-state index contributed by atoms with van der Waals surface area (Å²) >= 11 is 12.4. The molecule has 0 spiro atoms. The van der Waals surface area contributed by atoms with E-state index < -0.39 is 0 Å². The molecule has 0 unspecified atom stereocenters. The van der Waals surface area contributed by atoms with Crippen LogP contribution < -0.4 is 5.32 Å². The van der Waals surface area contributed by atoms with Crippen LogP contribution in [0.3, 0.4) is 0 Å². The Morgan fingerprint density at radius 1 is 0.815 bits per heavy atom. The summed E-state index contributed by atoms with van der Waals surface area (Å²) in [7, 11) is 0. The first-order chi connectivity index (χ1) is 13.2. The minimum Gasteiger partial charge on any atom is -0.376 e. The molecule has 0 saturated heterocycles. The Morgan fingerprint density at radius 3 is 2.41 bits per heavy atom. The SMILES string of the molecule is Clc1ccc([C@@H]2C[C@H](c3cc4ccccc4[nH]3)Nc3ccc(Cl)cc32)cc1. The number of nitrogens with one attached hydrogen (secondary N) is 2. The maximum absolute atomic E-state index is 6.31. The number of halogens is 2. The molecular formula is C23H18Cl2N2. The van der Waals surface area contributed by atoms with Gasteiger partial charge in [0.25, 0.3) is 0 Å². The highest BCUT2D eigenvalue weighted by Gasteiger charge is 2.29. The fourth-order valence-electron chi connectivity index (χ4n) is 4.06. The highest BCUT2D eigenvalue weighted by atomic mass is 35.5. The van der Waals surface area contributed by atoms with E-state index in [9.17, 15) is 0 Å². The lowest BCUT2D eigenvalue weighted by molar-refractivity contribution is 0.595. The van der Waals surface area contributed by atoms with Crippen molar-refractivity contribution < 1.29 is 0 Å². The standard InChI is InChI=1S/C23H18Cl2N2/c24-16-7-5-14(6-8-16)18-13-23(27-21-10-9-17(25)12-19(18)21)22-11-15-3-1-2-4-20(15)26-22/h1-12,18,23,26-27H,13H2/t18-,23+/m0/s1. The van der Waals surface area contributed by atoms with Crippen molar-refractivity contribution >= 4 is 39.8 Å². The molecule has 27 heavy (non-hydrogen) atoms. The van der Waals surface area contributed by atoms with Crippen molar-refractivity contribution in [2.75, 3.05) is 5.32 Å². The molecule has 2 heterocycles. The first-order valence-electron chi connectivity index (χ1n) is 9.06. The second-order valence-electron chi connectivity index (χ2n) is 7.08. The second-order valence-corrected chi connectivity index (χ2v) is 7.95. The van der Waals surface area contributed by atoms with E-state index in [1.54, 1.807) is 0 Å². The third-order valence-electron chi connectivity index (χ3n) is 5.39. The van der Waals surface area contributed by atoms with Crippen molar-refractivity contribution in [3.05, 3.63) is 99.7 Å². The molecule has 134 valence electrons. The molecule has 1 aromatic heterocycles. The minimum atomic E-state index is 0.201. The molecule has 4 heteroatoms. The van der Waals surface area contributed by atoms with E-state index in [-0.39, 0.29) is 12.0 Å². The smallest absolute Gasteiger partial charge is 0.0672 e. The third kappa shape index (κ3) is 3.09. The fraction of sp³-hybridized carbons (Fsp3) is 0.130. The normalized spacial score (nSPS) is 18.9. The van der Waals surface area contributed by atoms with Crippen LogP contribution in [0.4, 0.5) is 5.69 Å². The molecule has 4 aromatic rings. The zero-order valence-corrected chi connectivity index (χ0v) is 16.1. The highest BCUT2D eigenvalue weighted by molar-refractivity contribution is 6.31. The molecule has 0 fully saturated rings. The van der Waals surface area contributed by atoms with Crippen molar-refractivity contribution in [2.24, 2.45) is 0 Å². The fourth-order valence-corrected chi connectivity index (χ4v) is 4.37. The predicted molar refractivity (Wildman–Crippen MR) is 114 cm³/mol. The Hall–Kier alpha value is -2.42. The van der Waals surface area contributed by atoms with Crippen LogP contribution in [0.1, 0.15) is 35.2 Å². The molecule has 0 aliphatic carbocycles. The van der Waals surface area contributed by atoms with E-state index in [4.69, 9.17) is 23.2 Å². The Kier molecular flexibility index (Phi) is 4.11. The van der Waals surface area contributed by atoms with E-state index in [0.29, 0.717) is 0 Å². The summed E-state index contributed by atoms with van der Waals surface area (Å²) < 4.78 is 0. The van der Waals surface area contributed by atoms with Crippen LogP contribution in [0, 0.1) is 0 Å². The number of aromatic nitrogens is 1. The Balaban J connectivity index is 1.59. The van der Waals surface area contributed by atoms with E-state index in [2.05, 4.69) is 64.9 Å². The molecule has 2 atom stereocenters. The highest BCUT2D eigenvalue weighted by Crippen LogP contribution is 2.44. The Labute approximate surface area is 168 Å². The maximum Gasteiger partial charge on any atom is 0.0672 e. The van der Waals surface area contributed by atoms with Gasteiger partial charge >= 0.3 is 0 Å². The largest absolute Gasteiger partial charge is 0.376 e. The van der Waals surface area contributed by atoms with Crippen LogP contribution in [0.15, 0.2) is 72.8 Å². The van der Waals surface area contributed by atoms with Crippen molar-refractivity contribution in [1.82, 2.24) is 4.98 Å². The summed E-state index contributed by atoms with van der Waals surface area (Å²) in [6, 6.07) is 25.1.